The van der Waals surface area contributed by atoms with E-state index in [1.54, 1.807) is 0 Å². The SMILES string of the molecule is CCCCCCC/C=C\C/C=C\CCCCCCCCCCCCCC(=O)OCC(COC(=O)CCCCCCC/C=C\CCCCCCCCC)OC(=O)CCCCCCCCCCCCCCCCCCCCC. The first-order valence-corrected chi connectivity index (χ1v) is 34.0. The molecule has 1 atom stereocenters. The van der Waals surface area contributed by atoms with Crippen molar-refractivity contribution in [1.82, 2.24) is 0 Å². The molecule has 0 aliphatic carbocycles. The van der Waals surface area contributed by atoms with Crippen LogP contribution in [0.1, 0.15) is 374 Å². The Morgan fingerprint density at radius 1 is 0.263 bits per heavy atom. The lowest BCUT2D eigenvalue weighted by Crippen LogP contribution is -2.30. The summed E-state index contributed by atoms with van der Waals surface area (Å²) in [5.41, 5.74) is 0. The summed E-state index contributed by atoms with van der Waals surface area (Å²) in [7, 11) is 0. The molecule has 0 aromatic rings. The molecule has 0 aliphatic rings. The van der Waals surface area contributed by atoms with Crippen LogP contribution in [0, 0.1) is 0 Å². The average Bonchev–Trinajstić information content (AvgIpc) is 3.42. The van der Waals surface area contributed by atoms with E-state index in [0.29, 0.717) is 19.3 Å². The highest BCUT2D eigenvalue weighted by atomic mass is 16.6. The van der Waals surface area contributed by atoms with Gasteiger partial charge in [-0.2, -0.15) is 0 Å². The van der Waals surface area contributed by atoms with Gasteiger partial charge in [-0.1, -0.05) is 314 Å². The van der Waals surface area contributed by atoms with E-state index in [2.05, 4.69) is 57.2 Å². The number of hydrogen-bond acceptors (Lipinski definition) is 6. The van der Waals surface area contributed by atoms with Crippen molar-refractivity contribution in [3.8, 4) is 0 Å². The van der Waals surface area contributed by atoms with Crippen molar-refractivity contribution in [2.45, 2.75) is 380 Å². The highest BCUT2D eigenvalue weighted by Gasteiger charge is 2.19. The summed E-state index contributed by atoms with van der Waals surface area (Å²) < 4.78 is 17.0. The van der Waals surface area contributed by atoms with Crippen LogP contribution in [-0.2, 0) is 28.6 Å². The van der Waals surface area contributed by atoms with Crippen LogP contribution in [0.5, 0.6) is 0 Å². The first kappa shape index (κ1) is 73.6. The molecule has 6 nitrogen and oxygen atoms in total. The molecule has 76 heavy (non-hydrogen) atoms. The number of rotatable bonds is 63. The Labute approximate surface area is 474 Å². The maximum atomic E-state index is 12.9. The van der Waals surface area contributed by atoms with Crippen LogP contribution in [0.25, 0.3) is 0 Å². The van der Waals surface area contributed by atoms with Crippen LogP contribution in [-0.4, -0.2) is 37.2 Å². The highest BCUT2D eigenvalue weighted by Crippen LogP contribution is 2.18. The van der Waals surface area contributed by atoms with Crippen molar-refractivity contribution in [1.29, 1.82) is 0 Å². The van der Waals surface area contributed by atoms with Crippen molar-refractivity contribution in [2.75, 3.05) is 13.2 Å². The number of carbonyl (C=O) groups excluding carboxylic acids is 3. The Morgan fingerprint density at radius 2 is 0.474 bits per heavy atom. The molecular weight excluding hydrogens is 937 g/mol. The van der Waals surface area contributed by atoms with Crippen molar-refractivity contribution >= 4 is 17.9 Å². The van der Waals surface area contributed by atoms with Gasteiger partial charge in [0.05, 0.1) is 0 Å². The van der Waals surface area contributed by atoms with E-state index in [4.69, 9.17) is 14.2 Å². The third-order valence-electron chi connectivity index (χ3n) is 15.4. The molecule has 0 aromatic heterocycles. The van der Waals surface area contributed by atoms with E-state index in [0.717, 1.165) is 70.6 Å². The molecule has 0 amide bonds. The van der Waals surface area contributed by atoms with Gasteiger partial charge in [-0.05, 0) is 77.0 Å². The summed E-state index contributed by atoms with van der Waals surface area (Å²) in [6.45, 7) is 6.69. The fraction of sp³-hybridized carbons (Fsp3) is 0.871. The zero-order chi connectivity index (χ0) is 55.0. The van der Waals surface area contributed by atoms with Gasteiger partial charge in [0.15, 0.2) is 6.10 Å². The predicted molar refractivity (Wildman–Crippen MR) is 330 cm³/mol. The minimum atomic E-state index is -0.775. The number of esters is 3. The summed E-state index contributed by atoms with van der Waals surface area (Å²) in [4.78, 5) is 38.4. The van der Waals surface area contributed by atoms with Crippen molar-refractivity contribution in [3.63, 3.8) is 0 Å². The first-order chi connectivity index (χ1) is 37.5. The van der Waals surface area contributed by atoms with Gasteiger partial charge in [0, 0.05) is 19.3 Å². The van der Waals surface area contributed by atoms with E-state index in [1.807, 2.05) is 0 Å². The largest absolute Gasteiger partial charge is 0.462 e. The van der Waals surface area contributed by atoms with Crippen LogP contribution < -0.4 is 0 Å². The quantitative estimate of drug-likeness (QED) is 0.0261. The summed E-state index contributed by atoms with van der Waals surface area (Å²) in [5.74, 6) is -0.854. The Morgan fingerprint density at radius 3 is 0.737 bits per heavy atom. The van der Waals surface area contributed by atoms with Gasteiger partial charge in [-0.3, -0.25) is 14.4 Å². The Hall–Kier alpha value is -2.37. The fourth-order valence-electron chi connectivity index (χ4n) is 10.2. The summed E-state index contributed by atoms with van der Waals surface area (Å²) >= 11 is 0. The van der Waals surface area contributed by atoms with E-state index in [9.17, 15) is 14.4 Å². The van der Waals surface area contributed by atoms with Gasteiger partial charge in [0.1, 0.15) is 13.2 Å². The molecule has 0 aromatic carbocycles. The molecule has 0 saturated heterocycles. The number of ether oxygens (including phenoxy) is 3. The lowest BCUT2D eigenvalue weighted by atomic mass is 10.0. The Bertz CT molecular complexity index is 1270. The van der Waals surface area contributed by atoms with Crippen molar-refractivity contribution < 1.29 is 28.6 Å². The minimum absolute atomic E-state index is 0.0712. The van der Waals surface area contributed by atoms with Gasteiger partial charge in [0.25, 0.3) is 0 Å². The molecular formula is C70H130O6. The van der Waals surface area contributed by atoms with E-state index < -0.39 is 6.10 Å². The lowest BCUT2D eigenvalue weighted by Gasteiger charge is -2.18. The highest BCUT2D eigenvalue weighted by molar-refractivity contribution is 5.71. The zero-order valence-electron chi connectivity index (χ0n) is 51.3. The van der Waals surface area contributed by atoms with E-state index >= 15 is 0 Å². The van der Waals surface area contributed by atoms with Gasteiger partial charge < -0.3 is 14.2 Å². The standard InChI is InChI=1S/C70H130O6/c1-4-7-10-13-16-19-22-25-28-31-33-34-35-36-38-39-42-45-48-51-54-57-60-63-69(72)75-66-67(65-74-68(71)62-59-56-53-50-47-44-41-30-27-24-21-18-15-12-9-6-3)76-70(73)64-61-58-55-52-49-46-43-40-37-32-29-26-23-20-17-14-11-8-5-2/h22,25,30-31,33,41,67H,4-21,23-24,26-29,32,34-40,42-66H2,1-3H3/b25-22-,33-31-,41-30-. The molecule has 0 saturated carbocycles. The monoisotopic (exact) mass is 1070 g/mol. The second-order valence-corrected chi connectivity index (χ2v) is 23.1. The molecule has 0 heterocycles. The number of carbonyl (C=O) groups is 3. The van der Waals surface area contributed by atoms with Crippen LogP contribution in [0.15, 0.2) is 36.5 Å². The van der Waals surface area contributed by atoms with Gasteiger partial charge in [0.2, 0.25) is 0 Å². The summed E-state index contributed by atoms with van der Waals surface area (Å²) in [5, 5.41) is 0. The van der Waals surface area contributed by atoms with E-state index in [1.165, 1.54) is 263 Å². The lowest BCUT2D eigenvalue weighted by molar-refractivity contribution is -0.167. The number of allylic oxidation sites excluding steroid dienone is 6. The third-order valence-corrected chi connectivity index (χ3v) is 15.4. The first-order valence-electron chi connectivity index (χ1n) is 34.0. The molecule has 0 bridgehead atoms. The molecule has 0 fully saturated rings. The maximum Gasteiger partial charge on any atom is 0.306 e. The summed E-state index contributed by atoms with van der Waals surface area (Å²) in [6.07, 6.45) is 80.1. The number of unbranched alkanes of at least 4 members (excludes halogenated alkanes) is 46. The van der Waals surface area contributed by atoms with Gasteiger partial charge in [-0.15, -0.1) is 0 Å². The van der Waals surface area contributed by atoms with Crippen molar-refractivity contribution in [3.05, 3.63) is 36.5 Å². The molecule has 0 N–H and O–H groups in total. The third kappa shape index (κ3) is 62.5. The number of hydrogen-bond donors (Lipinski definition) is 0. The molecule has 0 radical (unpaired) electrons. The maximum absolute atomic E-state index is 12.9. The van der Waals surface area contributed by atoms with Crippen LogP contribution in [0.4, 0.5) is 0 Å². The van der Waals surface area contributed by atoms with Gasteiger partial charge >= 0.3 is 17.9 Å². The predicted octanol–water partition coefficient (Wildman–Crippen LogP) is 23.2. The minimum Gasteiger partial charge on any atom is -0.462 e. The molecule has 0 rings (SSSR count). The second-order valence-electron chi connectivity index (χ2n) is 23.1. The van der Waals surface area contributed by atoms with E-state index in [-0.39, 0.29) is 31.1 Å². The molecule has 0 aliphatic heterocycles. The van der Waals surface area contributed by atoms with Gasteiger partial charge in [-0.25, -0.2) is 0 Å². The van der Waals surface area contributed by atoms with Crippen molar-refractivity contribution in [2.24, 2.45) is 0 Å². The topological polar surface area (TPSA) is 78.9 Å². The normalized spacial score (nSPS) is 12.2. The fourth-order valence-corrected chi connectivity index (χ4v) is 10.2. The molecule has 6 heteroatoms. The van der Waals surface area contributed by atoms with Crippen LogP contribution >= 0.6 is 0 Å². The van der Waals surface area contributed by atoms with Crippen LogP contribution in [0.3, 0.4) is 0 Å². The molecule has 1 unspecified atom stereocenters. The smallest absolute Gasteiger partial charge is 0.306 e. The Balaban J connectivity index is 4.31. The Kier molecular flexibility index (Phi) is 63.1. The zero-order valence-corrected chi connectivity index (χ0v) is 51.3. The molecule has 0 spiro atoms. The molecule has 446 valence electrons. The average molecular weight is 1070 g/mol. The summed E-state index contributed by atoms with van der Waals surface area (Å²) in [6, 6.07) is 0. The second kappa shape index (κ2) is 65.2. The van der Waals surface area contributed by atoms with Crippen LogP contribution in [0.2, 0.25) is 0 Å².